The summed E-state index contributed by atoms with van der Waals surface area (Å²) in [6.07, 6.45) is 3.81. The number of halogens is 2. The fourth-order valence-corrected chi connectivity index (χ4v) is 1.79. The first-order valence-electron chi connectivity index (χ1n) is 4.97. The van der Waals surface area contributed by atoms with Crippen LogP contribution in [0.25, 0.3) is 0 Å². The molecule has 82 valence electrons. The van der Waals surface area contributed by atoms with Gasteiger partial charge in [-0.1, -0.05) is 24.4 Å². The van der Waals surface area contributed by atoms with Crippen LogP contribution in [0.5, 0.6) is 0 Å². The summed E-state index contributed by atoms with van der Waals surface area (Å²) in [4.78, 5) is 3.99. The highest BCUT2D eigenvalue weighted by atomic mass is 35.5. The molecule has 1 aromatic rings. The van der Waals surface area contributed by atoms with Crippen molar-refractivity contribution in [2.24, 2.45) is 5.92 Å². The zero-order valence-electron chi connectivity index (χ0n) is 8.37. The van der Waals surface area contributed by atoms with Crippen molar-refractivity contribution in [2.45, 2.75) is 32.2 Å². The lowest BCUT2D eigenvalue weighted by molar-refractivity contribution is 0.639. The molecule has 0 bridgehead atoms. The van der Waals surface area contributed by atoms with Gasteiger partial charge in [0.25, 0.3) is 0 Å². The summed E-state index contributed by atoms with van der Waals surface area (Å²) in [5, 5.41) is 10.8. The van der Waals surface area contributed by atoms with Gasteiger partial charge in [-0.3, -0.25) is 0 Å². The molecule has 0 aliphatic heterocycles. The number of rotatable bonds is 4. The number of anilines is 1. The van der Waals surface area contributed by atoms with Crippen molar-refractivity contribution in [3.63, 3.8) is 0 Å². The zero-order valence-corrected chi connectivity index (χ0v) is 9.89. The van der Waals surface area contributed by atoms with Crippen LogP contribution in [0.4, 0.5) is 5.82 Å². The molecule has 1 fully saturated rings. The van der Waals surface area contributed by atoms with E-state index >= 15 is 0 Å². The van der Waals surface area contributed by atoms with Gasteiger partial charge in [-0.25, -0.2) is 0 Å². The normalized spacial score (nSPS) is 17.5. The molecule has 0 spiro atoms. The van der Waals surface area contributed by atoms with E-state index in [1.54, 1.807) is 0 Å². The lowest BCUT2D eigenvalue weighted by Gasteiger charge is -2.13. The molecule has 1 aromatic heterocycles. The minimum absolute atomic E-state index is 0.112. The monoisotopic (exact) mass is 246 g/mol. The van der Waals surface area contributed by atoms with Crippen LogP contribution in [0.1, 0.15) is 26.2 Å². The lowest BCUT2D eigenvalue weighted by atomic mass is 10.2. The molecule has 0 amide bonds. The SMILES string of the molecule is CC(CC1CC1)Nc1nc(Cl)nnc1Cl. The van der Waals surface area contributed by atoms with E-state index in [0.29, 0.717) is 11.9 Å². The predicted octanol–water partition coefficient (Wildman–Crippen LogP) is 2.78. The van der Waals surface area contributed by atoms with Crippen LogP contribution < -0.4 is 5.32 Å². The van der Waals surface area contributed by atoms with E-state index in [0.717, 1.165) is 12.3 Å². The second-order valence-electron chi connectivity index (χ2n) is 3.94. The van der Waals surface area contributed by atoms with Gasteiger partial charge in [0, 0.05) is 6.04 Å². The molecule has 1 heterocycles. The summed E-state index contributed by atoms with van der Waals surface area (Å²) in [6.45, 7) is 2.10. The highest BCUT2D eigenvalue weighted by molar-refractivity contribution is 6.32. The summed E-state index contributed by atoms with van der Waals surface area (Å²) >= 11 is 11.5. The Morgan fingerprint density at radius 2 is 2.13 bits per heavy atom. The molecule has 1 aliphatic rings. The molecule has 1 unspecified atom stereocenters. The molecule has 15 heavy (non-hydrogen) atoms. The summed E-state index contributed by atoms with van der Waals surface area (Å²) in [6, 6.07) is 0.336. The molecule has 0 aromatic carbocycles. The Balaban J connectivity index is 1.98. The van der Waals surface area contributed by atoms with Gasteiger partial charge >= 0.3 is 0 Å². The number of nitrogens with zero attached hydrogens (tertiary/aromatic N) is 3. The molecule has 1 N–H and O–H groups in total. The maximum atomic E-state index is 5.84. The third-order valence-electron chi connectivity index (χ3n) is 2.39. The van der Waals surface area contributed by atoms with E-state index in [-0.39, 0.29) is 10.4 Å². The second-order valence-corrected chi connectivity index (χ2v) is 4.64. The molecule has 1 saturated carbocycles. The highest BCUT2D eigenvalue weighted by Gasteiger charge is 2.24. The van der Waals surface area contributed by atoms with Crippen LogP contribution in [0, 0.1) is 5.92 Å². The molecular weight excluding hydrogens is 235 g/mol. The summed E-state index contributed by atoms with van der Waals surface area (Å²) in [5.74, 6) is 1.38. The van der Waals surface area contributed by atoms with Crippen molar-refractivity contribution in [1.29, 1.82) is 0 Å². The van der Waals surface area contributed by atoms with E-state index < -0.39 is 0 Å². The Morgan fingerprint density at radius 1 is 1.40 bits per heavy atom. The molecule has 0 saturated heterocycles. The topological polar surface area (TPSA) is 50.7 Å². The van der Waals surface area contributed by atoms with Gasteiger partial charge in [0.05, 0.1) is 0 Å². The van der Waals surface area contributed by atoms with Crippen molar-refractivity contribution < 1.29 is 0 Å². The average molecular weight is 247 g/mol. The van der Waals surface area contributed by atoms with Gasteiger partial charge in [-0.2, -0.15) is 4.98 Å². The second kappa shape index (κ2) is 4.49. The van der Waals surface area contributed by atoms with Crippen molar-refractivity contribution in [2.75, 3.05) is 5.32 Å². The van der Waals surface area contributed by atoms with Crippen molar-refractivity contribution in [3.05, 3.63) is 10.4 Å². The van der Waals surface area contributed by atoms with E-state index in [1.165, 1.54) is 12.8 Å². The molecule has 0 radical (unpaired) electrons. The fraction of sp³-hybridized carbons (Fsp3) is 0.667. The third kappa shape index (κ3) is 3.18. The van der Waals surface area contributed by atoms with Crippen molar-refractivity contribution >= 4 is 29.0 Å². The molecular formula is C9H12Cl2N4. The third-order valence-corrected chi connectivity index (χ3v) is 2.80. The summed E-state index contributed by atoms with van der Waals surface area (Å²) < 4.78 is 0. The standard InChI is InChI=1S/C9H12Cl2N4/c1-5(4-6-2-3-6)12-8-7(10)14-15-9(11)13-8/h5-6H,2-4H2,1H3,(H,12,13,15). The molecule has 4 nitrogen and oxygen atoms in total. The van der Waals surface area contributed by atoms with Crippen molar-refractivity contribution in [3.8, 4) is 0 Å². The summed E-state index contributed by atoms with van der Waals surface area (Å²) in [5.41, 5.74) is 0. The fourth-order valence-electron chi connectivity index (χ4n) is 1.53. The Labute approximate surface area is 98.4 Å². The minimum Gasteiger partial charge on any atom is -0.365 e. The quantitative estimate of drug-likeness (QED) is 0.888. The first-order chi connectivity index (χ1) is 7.15. The first-order valence-corrected chi connectivity index (χ1v) is 5.73. The van der Waals surface area contributed by atoms with Crippen LogP contribution in [-0.4, -0.2) is 21.2 Å². The van der Waals surface area contributed by atoms with Gasteiger partial charge in [-0.15, -0.1) is 10.2 Å². The Morgan fingerprint density at radius 3 is 2.80 bits per heavy atom. The first kappa shape index (κ1) is 10.9. The number of hydrogen-bond donors (Lipinski definition) is 1. The number of aromatic nitrogens is 3. The van der Waals surface area contributed by atoms with Gasteiger partial charge in [0.1, 0.15) is 0 Å². The zero-order chi connectivity index (χ0) is 10.8. The highest BCUT2D eigenvalue weighted by Crippen LogP contribution is 2.34. The van der Waals surface area contributed by atoms with E-state index in [1.807, 2.05) is 0 Å². The van der Waals surface area contributed by atoms with E-state index in [9.17, 15) is 0 Å². The molecule has 1 atom stereocenters. The van der Waals surface area contributed by atoms with Gasteiger partial charge in [0.15, 0.2) is 11.0 Å². The largest absolute Gasteiger partial charge is 0.365 e. The number of hydrogen-bond acceptors (Lipinski definition) is 4. The maximum absolute atomic E-state index is 5.84. The Hall–Kier alpha value is -0.610. The van der Waals surface area contributed by atoms with E-state index in [2.05, 4.69) is 27.4 Å². The smallest absolute Gasteiger partial charge is 0.245 e. The number of nitrogens with one attached hydrogen (secondary N) is 1. The molecule has 6 heteroatoms. The molecule has 1 aliphatic carbocycles. The Bertz CT molecular complexity index is 354. The van der Waals surface area contributed by atoms with Gasteiger partial charge < -0.3 is 5.32 Å². The van der Waals surface area contributed by atoms with Gasteiger partial charge in [0.2, 0.25) is 5.28 Å². The van der Waals surface area contributed by atoms with Crippen LogP contribution >= 0.6 is 23.2 Å². The Kier molecular flexibility index (Phi) is 3.26. The van der Waals surface area contributed by atoms with E-state index in [4.69, 9.17) is 23.2 Å². The van der Waals surface area contributed by atoms with Crippen LogP contribution in [0.2, 0.25) is 10.4 Å². The average Bonchev–Trinajstić information content (AvgIpc) is 2.95. The summed E-state index contributed by atoms with van der Waals surface area (Å²) in [7, 11) is 0. The van der Waals surface area contributed by atoms with Crippen LogP contribution in [-0.2, 0) is 0 Å². The van der Waals surface area contributed by atoms with Gasteiger partial charge in [-0.05, 0) is 30.9 Å². The van der Waals surface area contributed by atoms with Crippen molar-refractivity contribution in [1.82, 2.24) is 15.2 Å². The minimum atomic E-state index is 0.112. The van der Waals surface area contributed by atoms with Crippen LogP contribution in [0.3, 0.4) is 0 Å². The molecule has 2 rings (SSSR count). The predicted molar refractivity (Wildman–Crippen MR) is 60.3 cm³/mol. The lowest BCUT2D eigenvalue weighted by Crippen LogP contribution is -2.17. The van der Waals surface area contributed by atoms with Crippen LogP contribution in [0.15, 0.2) is 0 Å². The maximum Gasteiger partial charge on any atom is 0.245 e.